The Kier molecular flexibility index (Phi) is 6.73. The topological polar surface area (TPSA) is 50.4 Å². The van der Waals surface area contributed by atoms with E-state index < -0.39 is 0 Å². The van der Waals surface area contributed by atoms with Crippen LogP contribution in [0.4, 0.5) is 0 Å². The van der Waals surface area contributed by atoms with Crippen LogP contribution in [-0.4, -0.2) is 39.3 Å². The predicted octanol–water partition coefficient (Wildman–Crippen LogP) is 1.58. The lowest BCUT2D eigenvalue weighted by Gasteiger charge is -2.22. The molecule has 0 aliphatic heterocycles. The summed E-state index contributed by atoms with van der Waals surface area (Å²) >= 11 is 0. The van der Waals surface area contributed by atoms with Gasteiger partial charge in [0, 0.05) is 58.4 Å². The fraction of sp³-hybridized carbons (Fsp3) is 0.429. The average Bonchev–Trinajstić information content (AvgIpc) is 3.00. The summed E-state index contributed by atoms with van der Waals surface area (Å²) in [6, 6.07) is 4.17. The number of aromatic nitrogens is 3. The second kappa shape index (κ2) is 8.06. The summed E-state index contributed by atoms with van der Waals surface area (Å²) in [5.74, 6) is 0.870. The summed E-state index contributed by atoms with van der Waals surface area (Å²) in [6.07, 6.45) is 5.91. The Morgan fingerprint density at radius 3 is 2.71 bits per heavy atom. The second-order valence-electron chi connectivity index (χ2n) is 4.89. The minimum absolute atomic E-state index is 0. The minimum Gasteiger partial charge on any atom is -0.353 e. The lowest BCUT2D eigenvalue weighted by molar-refractivity contribution is 0.461. The molecule has 2 rings (SSSR count). The van der Waals surface area contributed by atoms with Crippen LogP contribution in [0.1, 0.15) is 11.3 Å². The first-order chi connectivity index (χ1) is 9.60. The van der Waals surface area contributed by atoms with Crippen molar-refractivity contribution < 1.29 is 0 Å². The van der Waals surface area contributed by atoms with Crippen molar-refractivity contribution in [2.75, 3.05) is 14.1 Å². The predicted molar refractivity (Wildman–Crippen MR) is 95.7 cm³/mol. The van der Waals surface area contributed by atoms with Crippen molar-refractivity contribution in [1.82, 2.24) is 24.6 Å². The molecule has 0 saturated heterocycles. The maximum absolute atomic E-state index is 4.32. The zero-order chi connectivity index (χ0) is 14.5. The highest BCUT2D eigenvalue weighted by molar-refractivity contribution is 14.0. The van der Waals surface area contributed by atoms with Crippen LogP contribution < -0.4 is 5.32 Å². The van der Waals surface area contributed by atoms with Gasteiger partial charge in [0.15, 0.2) is 5.96 Å². The van der Waals surface area contributed by atoms with Gasteiger partial charge in [0.25, 0.3) is 0 Å². The Morgan fingerprint density at radius 2 is 2.19 bits per heavy atom. The van der Waals surface area contributed by atoms with Crippen LogP contribution in [0.25, 0.3) is 0 Å². The molecule has 116 valence electrons. The van der Waals surface area contributed by atoms with Crippen LogP contribution in [0.2, 0.25) is 0 Å². The second-order valence-corrected chi connectivity index (χ2v) is 4.89. The molecule has 0 saturated carbocycles. The lowest BCUT2D eigenvalue weighted by atomic mass is 10.3. The molecule has 0 spiro atoms. The molecule has 1 N–H and O–H groups in total. The molecule has 21 heavy (non-hydrogen) atoms. The Balaban J connectivity index is 0.00000220. The number of halogens is 1. The molecule has 0 unspecified atom stereocenters. The normalized spacial score (nSPS) is 11.1. The summed E-state index contributed by atoms with van der Waals surface area (Å²) in [5.41, 5.74) is 2.39. The van der Waals surface area contributed by atoms with Crippen LogP contribution in [0.5, 0.6) is 0 Å². The zero-order valence-electron chi connectivity index (χ0n) is 12.9. The van der Waals surface area contributed by atoms with E-state index in [0.717, 1.165) is 24.6 Å². The standard InChI is InChI=1S/C14H22N6.HI/c1-15-14(16-8-12-9-17-20(4)10-12)19(3)11-13-6-5-7-18(13)2;/h5-7,9-10H,8,11H2,1-4H3,(H,15,16);1H. The molecule has 2 aromatic rings. The van der Waals surface area contributed by atoms with Crippen LogP contribution in [0.15, 0.2) is 35.7 Å². The van der Waals surface area contributed by atoms with Crippen molar-refractivity contribution in [2.45, 2.75) is 13.1 Å². The van der Waals surface area contributed by atoms with E-state index in [4.69, 9.17) is 0 Å². The third kappa shape index (κ3) is 4.76. The van der Waals surface area contributed by atoms with Gasteiger partial charge in [0.05, 0.1) is 12.7 Å². The Hall–Kier alpha value is -1.51. The lowest BCUT2D eigenvalue weighted by Crippen LogP contribution is -2.38. The maximum Gasteiger partial charge on any atom is 0.194 e. The summed E-state index contributed by atoms with van der Waals surface area (Å²) in [6.45, 7) is 1.54. The SMILES string of the molecule is CN=C(NCc1cnn(C)c1)N(C)Cc1cccn1C.I. The Bertz CT molecular complexity index is 586. The van der Waals surface area contributed by atoms with Gasteiger partial charge in [0.1, 0.15) is 0 Å². The molecule has 0 aliphatic rings. The van der Waals surface area contributed by atoms with Crippen LogP contribution >= 0.6 is 24.0 Å². The molecule has 0 radical (unpaired) electrons. The molecule has 0 aliphatic carbocycles. The van der Waals surface area contributed by atoms with Crippen molar-refractivity contribution in [3.8, 4) is 0 Å². The third-order valence-corrected chi connectivity index (χ3v) is 3.23. The van der Waals surface area contributed by atoms with E-state index in [-0.39, 0.29) is 24.0 Å². The summed E-state index contributed by atoms with van der Waals surface area (Å²) in [4.78, 5) is 6.42. The maximum atomic E-state index is 4.32. The Morgan fingerprint density at radius 1 is 1.43 bits per heavy atom. The molecule has 7 heteroatoms. The van der Waals surface area contributed by atoms with Crippen molar-refractivity contribution in [1.29, 1.82) is 0 Å². The largest absolute Gasteiger partial charge is 0.353 e. The molecular formula is C14H23IN6. The monoisotopic (exact) mass is 402 g/mol. The fourth-order valence-electron chi connectivity index (χ4n) is 2.11. The number of rotatable bonds is 4. The molecule has 0 amide bonds. The molecule has 0 atom stereocenters. The van der Waals surface area contributed by atoms with Crippen molar-refractivity contribution in [2.24, 2.45) is 19.1 Å². The van der Waals surface area contributed by atoms with Gasteiger partial charge in [-0.3, -0.25) is 9.67 Å². The highest BCUT2D eigenvalue weighted by Crippen LogP contribution is 2.04. The van der Waals surface area contributed by atoms with Gasteiger partial charge in [-0.05, 0) is 12.1 Å². The van der Waals surface area contributed by atoms with E-state index in [1.807, 2.05) is 26.5 Å². The molecule has 0 fully saturated rings. The molecular weight excluding hydrogens is 379 g/mol. The highest BCUT2D eigenvalue weighted by Gasteiger charge is 2.08. The number of nitrogens with zero attached hydrogens (tertiary/aromatic N) is 5. The zero-order valence-corrected chi connectivity index (χ0v) is 15.3. The van der Waals surface area contributed by atoms with Crippen molar-refractivity contribution in [3.05, 3.63) is 42.0 Å². The van der Waals surface area contributed by atoms with Gasteiger partial charge in [0.2, 0.25) is 0 Å². The molecule has 0 bridgehead atoms. The van der Waals surface area contributed by atoms with E-state index in [1.54, 1.807) is 11.7 Å². The number of hydrogen-bond donors (Lipinski definition) is 1. The van der Waals surface area contributed by atoms with Crippen LogP contribution in [0, 0.1) is 0 Å². The van der Waals surface area contributed by atoms with E-state index in [0.29, 0.717) is 0 Å². The smallest absolute Gasteiger partial charge is 0.194 e. The number of hydrogen-bond acceptors (Lipinski definition) is 2. The highest BCUT2D eigenvalue weighted by atomic mass is 127. The van der Waals surface area contributed by atoms with Gasteiger partial charge in [-0.15, -0.1) is 24.0 Å². The van der Waals surface area contributed by atoms with E-state index in [1.165, 1.54) is 5.69 Å². The average molecular weight is 402 g/mol. The summed E-state index contributed by atoms with van der Waals surface area (Å²) in [7, 11) is 7.80. The quantitative estimate of drug-likeness (QED) is 0.480. The molecule has 0 aromatic carbocycles. The first-order valence-electron chi connectivity index (χ1n) is 6.59. The number of nitrogens with one attached hydrogen (secondary N) is 1. The van der Waals surface area contributed by atoms with E-state index in [9.17, 15) is 0 Å². The van der Waals surface area contributed by atoms with Gasteiger partial charge >= 0.3 is 0 Å². The number of aryl methyl sites for hydroxylation is 2. The fourth-order valence-corrected chi connectivity index (χ4v) is 2.11. The van der Waals surface area contributed by atoms with Gasteiger partial charge in [-0.2, -0.15) is 5.10 Å². The summed E-state index contributed by atoms with van der Waals surface area (Å²) in [5, 5.41) is 7.50. The van der Waals surface area contributed by atoms with Crippen molar-refractivity contribution in [3.63, 3.8) is 0 Å². The first-order valence-corrected chi connectivity index (χ1v) is 6.59. The van der Waals surface area contributed by atoms with Gasteiger partial charge in [-0.1, -0.05) is 0 Å². The van der Waals surface area contributed by atoms with E-state index in [2.05, 4.69) is 50.3 Å². The Labute approximate surface area is 142 Å². The number of guanidine groups is 1. The number of aliphatic imine (C=N–C) groups is 1. The molecule has 2 aromatic heterocycles. The first kappa shape index (κ1) is 17.5. The minimum atomic E-state index is 0. The summed E-state index contributed by atoms with van der Waals surface area (Å²) < 4.78 is 3.92. The van der Waals surface area contributed by atoms with Crippen LogP contribution in [0.3, 0.4) is 0 Å². The van der Waals surface area contributed by atoms with Gasteiger partial charge in [-0.25, -0.2) is 0 Å². The van der Waals surface area contributed by atoms with Crippen LogP contribution in [-0.2, 0) is 27.2 Å². The molecule has 6 nitrogen and oxygen atoms in total. The van der Waals surface area contributed by atoms with Crippen molar-refractivity contribution >= 4 is 29.9 Å². The molecule has 2 heterocycles. The third-order valence-electron chi connectivity index (χ3n) is 3.23. The van der Waals surface area contributed by atoms with Gasteiger partial charge < -0.3 is 14.8 Å². The van der Waals surface area contributed by atoms with E-state index >= 15 is 0 Å².